The van der Waals surface area contributed by atoms with E-state index in [9.17, 15) is 9.18 Å². The van der Waals surface area contributed by atoms with Crippen molar-refractivity contribution >= 4 is 35.8 Å². The minimum absolute atomic E-state index is 0. The molecule has 168 valence electrons. The van der Waals surface area contributed by atoms with Gasteiger partial charge in [-0.1, -0.05) is 30.7 Å². The van der Waals surface area contributed by atoms with Gasteiger partial charge in [0.1, 0.15) is 5.82 Å². The largest absolute Gasteiger partial charge is 0.357 e. The number of hydrogen-bond donors (Lipinski definition) is 2. The number of hydrogen-bond acceptors (Lipinski definition) is 2. The van der Waals surface area contributed by atoms with Gasteiger partial charge in [0.05, 0.1) is 6.54 Å². The van der Waals surface area contributed by atoms with E-state index in [-0.39, 0.29) is 41.1 Å². The van der Waals surface area contributed by atoms with Gasteiger partial charge >= 0.3 is 0 Å². The quantitative estimate of drug-likeness (QED) is 0.314. The first-order chi connectivity index (χ1) is 14.4. The van der Waals surface area contributed by atoms with Gasteiger partial charge in [-0.3, -0.25) is 4.79 Å². The third kappa shape index (κ3) is 6.41. The Labute approximate surface area is 201 Å². The first kappa shape index (κ1) is 25.1. The van der Waals surface area contributed by atoms with Crippen molar-refractivity contribution in [2.75, 3.05) is 27.2 Å². The van der Waals surface area contributed by atoms with Gasteiger partial charge in [-0.25, -0.2) is 9.38 Å². The van der Waals surface area contributed by atoms with Crippen molar-refractivity contribution in [3.05, 3.63) is 71.0 Å². The van der Waals surface area contributed by atoms with E-state index < -0.39 is 0 Å². The highest BCUT2D eigenvalue weighted by atomic mass is 127. The SMILES string of the molecule is CCNC(=NCc1ccc(C(=O)N(C)C)cc1)NCC1(c2ccc(F)cc2)CCC1.I. The third-order valence-corrected chi connectivity index (χ3v) is 5.73. The minimum Gasteiger partial charge on any atom is -0.357 e. The van der Waals surface area contributed by atoms with Gasteiger partial charge in [0.15, 0.2) is 5.96 Å². The Balaban J connectivity index is 0.00000341. The molecule has 0 saturated heterocycles. The fourth-order valence-electron chi connectivity index (χ4n) is 3.75. The van der Waals surface area contributed by atoms with Gasteiger partial charge in [-0.05, 0) is 55.2 Å². The van der Waals surface area contributed by atoms with Crippen LogP contribution in [0.15, 0.2) is 53.5 Å². The molecule has 5 nitrogen and oxygen atoms in total. The van der Waals surface area contributed by atoms with Gasteiger partial charge in [0, 0.05) is 38.2 Å². The van der Waals surface area contributed by atoms with Crippen LogP contribution in [0, 0.1) is 5.82 Å². The highest BCUT2D eigenvalue weighted by Crippen LogP contribution is 2.43. The number of carbonyl (C=O) groups is 1. The van der Waals surface area contributed by atoms with Crippen molar-refractivity contribution in [3.8, 4) is 0 Å². The molecule has 1 saturated carbocycles. The monoisotopic (exact) mass is 538 g/mol. The molecule has 2 aromatic rings. The molecule has 3 rings (SSSR count). The second kappa shape index (κ2) is 11.5. The lowest BCUT2D eigenvalue weighted by molar-refractivity contribution is 0.0827. The lowest BCUT2D eigenvalue weighted by atomic mass is 9.64. The molecule has 0 aromatic heterocycles. The summed E-state index contributed by atoms with van der Waals surface area (Å²) in [7, 11) is 3.49. The molecule has 0 unspecified atom stereocenters. The summed E-state index contributed by atoms with van der Waals surface area (Å²) in [5.41, 5.74) is 2.93. The molecule has 2 N–H and O–H groups in total. The first-order valence-corrected chi connectivity index (χ1v) is 10.5. The van der Waals surface area contributed by atoms with Crippen LogP contribution >= 0.6 is 24.0 Å². The molecule has 1 amide bonds. The zero-order valence-corrected chi connectivity index (χ0v) is 20.8. The second-order valence-electron chi connectivity index (χ2n) is 8.09. The summed E-state index contributed by atoms with van der Waals surface area (Å²) < 4.78 is 13.3. The molecule has 0 spiro atoms. The van der Waals surface area contributed by atoms with E-state index in [2.05, 4.69) is 10.6 Å². The molecule has 1 fully saturated rings. The van der Waals surface area contributed by atoms with Crippen molar-refractivity contribution in [1.82, 2.24) is 15.5 Å². The molecule has 0 radical (unpaired) electrons. The average molecular weight is 538 g/mol. The number of guanidine groups is 1. The Bertz CT molecular complexity index is 877. The molecule has 31 heavy (non-hydrogen) atoms. The van der Waals surface area contributed by atoms with E-state index in [1.54, 1.807) is 31.1 Å². The average Bonchev–Trinajstić information content (AvgIpc) is 2.72. The lowest BCUT2D eigenvalue weighted by Gasteiger charge is -2.43. The number of nitrogens with zero attached hydrogens (tertiary/aromatic N) is 2. The fourth-order valence-corrected chi connectivity index (χ4v) is 3.75. The van der Waals surface area contributed by atoms with Gasteiger partial charge in [0.25, 0.3) is 5.91 Å². The molecule has 1 aliphatic carbocycles. The Morgan fingerprint density at radius 2 is 1.71 bits per heavy atom. The molecular weight excluding hydrogens is 506 g/mol. The number of halogens is 2. The number of amides is 1. The fraction of sp³-hybridized carbons (Fsp3) is 0.417. The molecule has 0 aliphatic heterocycles. The van der Waals surface area contributed by atoms with Crippen LogP contribution in [0.25, 0.3) is 0 Å². The number of nitrogens with one attached hydrogen (secondary N) is 2. The molecule has 0 atom stereocenters. The number of benzene rings is 2. The van der Waals surface area contributed by atoms with E-state index in [0.717, 1.165) is 37.5 Å². The first-order valence-electron chi connectivity index (χ1n) is 10.5. The maximum atomic E-state index is 13.3. The lowest BCUT2D eigenvalue weighted by Crippen LogP contribution is -2.48. The van der Waals surface area contributed by atoms with E-state index in [1.807, 2.05) is 43.3 Å². The maximum absolute atomic E-state index is 13.3. The minimum atomic E-state index is -0.200. The topological polar surface area (TPSA) is 56.7 Å². The van der Waals surface area contributed by atoms with Crippen LogP contribution in [0.1, 0.15) is 47.7 Å². The summed E-state index contributed by atoms with van der Waals surface area (Å²) in [5.74, 6) is 0.556. The van der Waals surface area contributed by atoms with Crippen LogP contribution in [0.2, 0.25) is 0 Å². The van der Waals surface area contributed by atoms with Crippen LogP contribution in [-0.2, 0) is 12.0 Å². The van der Waals surface area contributed by atoms with Crippen LogP contribution in [0.5, 0.6) is 0 Å². The van der Waals surface area contributed by atoms with Gasteiger partial charge < -0.3 is 15.5 Å². The highest BCUT2D eigenvalue weighted by molar-refractivity contribution is 14.0. The number of aliphatic imine (C=N–C) groups is 1. The standard InChI is InChI=1S/C24H31FN4O.HI/c1-4-26-23(27-16-18-6-8-19(9-7-18)22(30)29(2)3)28-17-24(14-5-15-24)20-10-12-21(25)13-11-20;/h6-13H,4-5,14-17H2,1-3H3,(H2,26,27,28);1H. The van der Waals surface area contributed by atoms with Crippen molar-refractivity contribution < 1.29 is 9.18 Å². The molecular formula is C24H32FIN4O. The second-order valence-corrected chi connectivity index (χ2v) is 8.09. The summed E-state index contributed by atoms with van der Waals surface area (Å²) in [6.45, 7) is 4.10. The molecule has 0 bridgehead atoms. The summed E-state index contributed by atoms with van der Waals surface area (Å²) >= 11 is 0. The van der Waals surface area contributed by atoms with Crippen molar-refractivity contribution in [1.29, 1.82) is 0 Å². The Morgan fingerprint density at radius 3 is 2.23 bits per heavy atom. The Morgan fingerprint density at radius 1 is 1.06 bits per heavy atom. The summed E-state index contributed by atoms with van der Waals surface area (Å²) in [4.78, 5) is 18.3. The number of carbonyl (C=O) groups excluding carboxylic acids is 1. The zero-order valence-electron chi connectivity index (χ0n) is 18.5. The third-order valence-electron chi connectivity index (χ3n) is 5.73. The highest BCUT2D eigenvalue weighted by Gasteiger charge is 2.38. The Hall–Kier alpha value is -2.16. The van der Waals surface area contributed by atoms with Crippen molar-refractivity contribution in [3.63, 3.8) is 0 Å². The van der Waals surface area contributed by atoms with E-state index in [1.165, 1.54) is 12.0 Å². The van der Waals surface area contributed by atoms with Crippen LogP contribution in [0.3, 0.4) is 0 Å². The maximum Gasteiger partial charge on any atom is 0.253 e. The summed E-state index contributed by atoms with van der Waals surface area (Å²) in [6.07, 6.45) is 3.36. The summed E-state index contributed by atoms with van der Waals surface area (Å²) in [5, 5.41) is 6.77. The molecule has 7 heteroatoms. The molecule has 0 heterocycles. The van der Waals surface area contributed by atoms with Crippen molar-refractivity contribution in [2.45, 2.75) is 38.1 Å². The zero-order chi connectivity index (χ0) is 21.6. The number of rotatable bonds is 7. The molecule has 1 aliphatic rings. The summed E-state index contributed by atoms with van der Waals surface area (Å²) in [6, 6.07) is 14.4. The van der Waals surface area contributed by atoms with Gasteiger partial charge in [0.2, 0.25) is 0 Å². The predicted molar refractivity (Wildman–Crippen MR) is 135 cm³/mol. The van der Waals surface area contributed by atoms with Crippen molar-refractivity contribution in [2.24, 2.45) is 4.99 Å². The van der Waals surface area contributed by atoms with Gasteiger partial charge in [-0.15, -0.1) is 24.0 Å². The van der Waals surface area contributed by atoms with Crippen LogP contribution in [-0.4, -0.2) is 44.0 Å². The molecule has 2 aromatic carbocycles. The van der Waals surface area contributed by atoms with E-state index in [4.69, 9.17) is 4.99 Å². The van der Waals surface area contributed by atoms with Gasteiger partial charge in [-0.2, -0.15) is 0 Å². The smallest absolute Gasteiger partial charge is 0.253 e. The Kier molecular flexibility index (Phi) is 9.28. The normalized spacial score (nSPS) is 14.8. The van der Waals surface area contributed by atoms with E-state index in [0.29, 0.717) is 12.1 Å². The van der Waals surface area contributed by atoms with Crippen LogP contribution < -0.4 is 10.6 Å². The predicted octanol–water partition coefficient (Wildman–Crippen LogP) is 4.32. The van der Waals surface area contributed by atoms with E-state index >= 15 is 0 Å². The van der Waals surface area contributed by atoms with Crippen LogP contribution in [0.4, 0.5) is 4.39 Å².